The molecule has 2 fully saturated rings. The van der Waals surface area contributed by atoms with Gasteiger partial charge in [-0.1, -0.05) is 30.9 Å². The van der Waals surface area contributed by atoms with Gasteiger partial charge in [-0.05, 0) is 30.6 Å². The molecule has 2 rings (SSSR count). The molecule has 0 spiro atoms. The second kappa shape index (κ2) is 7.42. The quantitative estimate of drug-likeness (QED) is 0.391. The van der Waals surface area contributed by atoms with Crippen molar-refractivity contribution in [1.29, 1.82) is 0 Å². The molecule has 0 N–H and O–H groups in total. The zero-order valence-corrected chi connectivity index (χ0v) is 13.0. The van der Waals surface area contributed by atoms with Crippen molar-refractivity contribution in [3.8, 4) is 0 Å². The molecule has 0 radical (unpaired) electrons. The van der Waals surface area contributed by atoms with Crippen LogP contribution in [-0.2, 0) is 19.2 Å². The minimum absolute atomic E-state index is 0.0803. The molecule has 1 saturated heterocycles. The van der Waals surface area contributed by atoms with Gasteiger partial charge in [0, 0.05) is 12.8 Å². The Morgan fingerprint density at radius 1 is 1.23 bits per heavy atom. The third-order valence-corrected chi connectivity index (χ3v) is 4.40. The number of rotatable bonds is 8. The lowest BCUT2D eigenvalue weighted by Crippen LogP contribution is -2.32. The molecule has 6 nitrogen and oxygen atoms in total. The van der Waals surface area contributed by atoms with Crippen molar-refractivity contribution in [2.45, 2.75) is 45.4 Å². The number of hydrogen-bond donors (Lipinski definition) is 0. The first-order valence-corrected chi connectivity index (χ1v) is 7.89. The summed E-state index contributed by atoms with van der Waals surface area (Å²) in [6.07, 6.45) is 5.32. The molecule has 1 saturated carbocycles. The van der Waals surface area contributed by atoms with Gasteiger partial charge in [0.05, 0.1) is 6.61 Å². The number of amides is 2. The van der Waals surface area contributed by atoms with Gasteiger partial charge in [0.15, 0.2) is 0 Å². The third-order valence-electron chi connectivity index (χ3n) is 4.40. The van der Waals surface area contributed by atoms with E-state index < -0.39 is 18.0 Å². The largest absolute Gasteiger partial charge is 0.533 e. The fourth-order valence-electron chi connectivity index (χ4n) is 3.19. The monoisotopic (exact) mass is 309 g/mol. The van der Waals surface area contributed by atoms with Crippen molar-refractivity contribution in [3.63, 3.8) is 0 Å². The van der Waals surface area contributed by atoms with Crippen LogP contribution in [0, 0.1) is 17.8 Å². The van der Waals surface area contributed by atoms with Crippen LogP contribution in [0.3, 0.4) is 0 Å². The molecule has 0 unspecified atom stereocenters. The van der Waals surface area contributed by atoms with Crippen molar-refractivity contribution in [2.24, 2.45) is 17.8 Å². The van der Waals surface area contributed by atoms with Gasteiger partial charge in [-0.25, -0.2) is 4.79 Å². The van der Waals surface area contributed by atoms with Gasteiger partial charge >= 0.3 is 6.16 Å². The molecular formula is C16H23NO5. The Morgan fingerprint density at radius 2 is 1.86 bits per heavy atom. The number of ether oxygens (including phenoxy) is 1. The molecule has 1 heterocycles. The topological polar surface area (TPSA) is 72.9 Å². The van der Waals surface area contributed by atoms with Gasteiger partial charge in [-0.15, -0.1) is 6.58 Å². The van der Waals surface area contributed by atoms with Gasteiger partial charge < -0.3 is 4.74 Å². The lowest BCUT2D eigenvalue weighted by Gasteiger charge is -2.12. The van der Waals surface area contributed by atoms with Crippen molar-refractivity contribution in [3.05, 3.63) is 12.7 Å². The van der Waals surface area contributed by atoms with Crippen LogP contribution < -0.4 is 0 Å². The second-order valence-electron chi connectivity index (χ2n) is 5.88. The fourth-order valence-corrected chi connectivity index (χ4v) is 3.19. The van der Waals surface area contributed by atoms with Crippen LogP contribution in [-0.4, -0.2) is 29.6 Å². The molecule has 122 valence electrons. The third kappa shape index (κ3) is 3.87. The first-order valence-electron chi connectivity index (χ1n) is 7.89. The van der Waals surface area contributed by atoms with E-state index in [0.717, 1.165) is 25.7 Å². The van der Waals surface area contributed by atoms with Crippen LogP contribution in [0.1, 0.15) is 45.4 Å². The molecule has 0 aromatic carbocycles. The Bertz CT molecular complexity index is 445. The average molecular weight is 309 g/mol. The van der Waals surface area contributed by atoms with Crippen LogP contribution in [0.15, 0.2) is 12.7 Å². The maximum atomic E-state index is 11.6. The normalized spacial score (nSPS) is 27.0. The van der Waals surface area contributed by atoms with E-state index in [-0.39, 0.29) is 19.4 Å². The van der Waals surface area contributed by atoms with Crippen molar-refractivity contribution in [2.75, 3.05) is 6.61 Å². The summed E-state index contributed by atoms with van der Waals surface area (Å²) < 4.78 is 5.08. The van der Waals surface area contributed by atoms with Gasteiger partial charge in [0.2, 0.25) is 0 Å². The molecule has 3 atom stereocenters. The lowest BCUT2D eigenvalue weighted by atomic mass is 10.1. The predicted molar refractivity (Wildman–Crippen MR) is 78.3 cm³/mol. The lowest BCUT2D eigenvalue weighted by molar-refractivity contribution is -0.177. The highest BCUT2D eigenvalue weighted by Crippen LogP contribution is 2.52. The highest BCUT2D eigenvalue weighted by Gasteiger charge is 2.49. The molecule has 2 amide bonds. The van der Waals surface area contributed by atoms with Crippen LogP contribution in [0.4, 0.5) is 4.79 Å². The van der Waals surface area contributed by atoms with E-state index in [1.165, 1.54) is 0 Å². The molecule has 1 aliphatic carbocycles. The summed E-state index contributed by atoms with van der Waals surface area (Å²) in [5.41, 5.74) is 0. The van der Waals surface area contributed by atoms with E-state index in [4.69, 9.17) is 4.74 Å². The standard InChI is InChI=1S/C16H23NO5/c1-3-5-7-12-11(6-4-2)13(12)10-21-16(20)22-17-14(18)8-9-15(17)19/h3,11-13H,1,4-10H2,2H3/t11-,12+,13-/m0/s1. The molecular weight excluding hydrogens is 286 g/mol. The van der Waals surface area contributed by atoms with Crippen LogP contribution in [0.25, 0.3) is 0 Å². The Balaban J connectivity index is 1.74. The number of carbonyl (C=O) groups excluding carboxylic acids is 3. The zero-order chi connectivity index (χ0) is 16.1. The molecule has 0 aromatic heterocycles. The summed E-state index contributed by atoms with van der Waals surface area (Å²) in [6, 6.07) is 0. The summed E-state index contributed by atoms with van der Waals surface area (Å²) in [5.74, 6) is 0.480. The molecule has 2 aliphatic rings. The smallest absolute Gasteiger partial charge is 0.432 e. The van der Waals surface area contributed by atoms with Gasteiger partial charge in [0.1, 0.15) is 0 Å². The molecule has 0 bridgehead atoms. The first kappa shape index (κ1) is 16.5. The SMILES string of the molecule is C=CCC[C@@H]1[C@H](CCC)[C@@H]1COC(=O)ON1C(=O)CCC1=O. The second-order valence-corrected chi connectivity index (χ2v) is 5.88. The van der Waals surface area contributed by atoms with Crippen molar-refractivity contribution < 1.29 is 24.0 Å². The molecule has 6 heteroatoms. The minimum Gasteiger partial charge on any atom is -0.432 e. The van der Waals surface area contributed by atoms with E-state index in [0.29, 0.717) is 22.8 Å². The van der Waals surface area contributed by atoms with E-state index >= 15 is 0 Å². The zero-order valence-electron chi connectivity index (χ0n) is 13.0. The summed E-state index contributed by atoms with van der Waals surface area (Å²) in [5, 5.41) is 0.508. The Kier molecular flexibility index (Phi) is 5.57. The maximum Gasteiger partial charge on any atom is 0.533 e. The number of hydroxylamine groups is 2. The van der Waals surface area contributed by atoms with Gasteiger partial charge in [-0.2, -0.15) is 0 Å². The van der Waals surface area contributed by atoms with E-state index in [2.05, 4.69) is 18.3 Å². The van der Waals surface area contributed by atoms with Gasteiger partial charge in [0.25, 0.3) is 11.8 Å². The van der Waals surface area contributed by atoms with Crippen LogP contribution in [0.2, 0.25) is 0 Å². The number of hydrogen-bond acceptors (Lipinski definition) is 5. The predicted octanol–water partition coefficient (Wildman–Crippen LogP) is 2.83. The number of allylic oxidation sites excluding steroid dienone is 1. The van der Waals surface area contributed by atoms with Crippen molar-refractivity contribution in [1.82, 2.24) is 5.06 Å². The number of carbonyl (C=O) groups is 3. The Hall–Kier alpha value is -1.85. The summed E-state index contributed by atoms with van der Waals surface area (Å²) >= 11 is 0. The average Bonchev–Trinajstić information content (AvgIpc) is 3.07. The number of nitrogens with zero attached hydrogens (tertiary/aromatic N) is 1. The van der Waals surface area contributed by atoms with E-state index in [1.54, 1.807) is 0 Å². The van der Waals surface area contributed by atoms with E-state index in [9.17, 15) is 14.4 Å². The summed E-state index contributed by atoms with van der Waals surface area (Å²) in [4.78, 5) is 39.0. The molecule has 0 aromatic rings. The number of imide groups is 1. The Morgan fingerprint density at radius 3 is 2.45 bits per heavy atom. The highest BCUT2D eigenvalue weighted by molar-refractivity contribution is 6.01. The van der Waals surface area contributed by atoms with Crippen molar-refractivity contribution >= 4 is 18.0 Å². The highest BCUT2D eigenvalue weighted by atomic mass is 16.8. The van der Waals surface area contributed by atoms with Crippen LogP contribution >= 0.6 is 0 Å². The molecule has 1 aliphatic heterocycles. The summed E-state index contributed by atoms with van der Waals surface area (Å²) in [7, 11) is 0. The van der Waals surface area contributed by atoms with E-state index in [1.807, 2.05) is 6.08 Å². The molecule has 22 heavy (non-hydrogen) atoms. The first-order chi connectivity index (χ1) is 10.6. The fraction of sp³-hybridized carbons (Fsp3) is 0.688. The minimum atomic E-state index is -0.979. The van der Waals surface area contributed by atoms with Gasteiger partial charge in [-0.3, -0.25) is 14.4 Å². The Labute approximate surface area is 130 Å². The van der Waals surface area contributed by atoms with Crippen LogP contribution in [0.5, 0.6) is 0 Å². The summed E-state index contributed by atoms with van der Waals surface area (Å²) in [6.45, 7) is 6.15. The maximum absolute atomic E-state index is 11.6.